The van der Waals surface area contributed by atoms with Crippen molar-refractivity contribution in [2.24, 2.45) is 4.99 Å². The molecular weight excluding hydrogens is 628 g/mol. The van der Waals surface area contributed by atoms with Gasteiger partial charge in [0.25, 0.3) is 5.56 Å². The molecule has 0 N–H and O–H groups in total. The van der Waals surface area contributed by atoms with Crippen molar-refractivity contribution in [2.75, 3.05) is 20.3 Å². The minimum Gasteiger partial charge on any atom is -0.493 e. The molecule has 0 saturated carbocycles. The minimum atomic E-state index is -0.813. The lowest BCUT2D eigenvalue weighted by Crippen LogP contribution is -2.40. The van der Waals surface area contributed by atoms with E-state index in [1.165, 1.54) is 27.7 Å². The topological polar surface area (TPSA) is 92.3 Å². The van der Waals surface area contributed by atoms with Gasteiger partial charge in [-0.15, -0.1) is 0 Å². The first kappa shape index (κ1) is 29.0. The number of esters is 1. The van der Waals surface area contributed by atoms with Crippen LogP contribution in [0.15, 0.2) is 94.5 Å². The lowest BCUT2D eigenvalue weighted by Gasteiger charge is -2.26. The van der Waals surface area contributed by atoms with Crippen molar-refractivity contribution in [3.63, 3.8) is 0 Å². The molecule has 5 rings (SSSR count). The molecular formula is C30H27BrN2O6S2. The van der Waals surface area contributed by atoms with E-state index >= 15 is 0 Å². The largest absolute Gasteiger partial charge is 0.493 e. The second-order valence-electron chi connectivity index (χ2n) is 8.83. The first-order chi connectivity index (χ1) is 19.8. The zero-order valence-corrected chi connectivity index (χ0v) is 26.0. The molecule has 0 radical (unpaired) electrons. The Bertz CT molecular complexity index is 1810. The predicted octanol–water partition coefficient (Wildman–Crippen LogP) is 5.71. The number of carbonyl (C=O) groups is 1. The third kappa shape index (κ3) is 5.93. The maximum absolute atomic E-state index is 14.0. The van der Waals surface area contributed by atoms with E-state index in [2.05, 4.69) is 20.9 Å². The Kier molecular flexibility index (Phi) is 8.86. The number of fused-ring (bicyclic) bond motifs is 1. The van der Waals surface area contributed by atoms with Gasteiger partial charge in [-0.05, 0) is 62.7 Å². The monoisotopic (exact) mass is 654 g/mol. The van der Waals surface area contributed by atoms with Crippen LogP contribution in [0.4, 0.5) is 0 Å². The molecule has 0 saturated heterocycles. The van der Waals surface area contributed by atoms with Gasteiger partial charge in [0.2, 0.25) is 0 Å². The smallest absolute Gasteiger partial charge is 0.338 e. The molecule has 1 aliphatic rings. The molecule has 2 aromatic carbocycles. The fourth-order valence-corrected chi connectivity index (χ4v) is 6.84. The van der Waals surface area contributed by atoms with Gasteiger partial charge in [0, 0.05) is 15.4 Å². The summed E-state index contributed by atoms with van der Waals surface area (Å²) in [6.07, 6.45) is 1.70. The molecule has 1 aliphatic heterocycles. The van der Waals surface area contributed by atoms with Gasteiger partial charge < -0.3 is 18.6 Å². The molecule has 11 heteroatoms. The number of halogens is 1. The number of benzene rings is 2. The average Bonchev–Trinajstić information content (AvgIpc) is 3.52. The van der Waals surface area contributed by atoms with Crippen molar-refractivity contribution in [3.05, 3.63) is 101 Å². The van der Waals surface area contributed by atoms with Crippen molar-refractivity contribution in [3.8, 4) is 11.5 Å². The molecule has 1 atom stereocenters. The molecule has 8 nitrogen and oxygen atoms in total. The number of hydrogen-bond acceptors (Lipinski definition) is 9. The molecule has 4 aromatic rings. The predicted molar refractivity (Wildman–Crippen MR) is 162 cm³/mol. The zero-order chi connectivity index (χ0) is 29.1. The number of rotatable bonds is 9. The molecule has 212 valence electrons. The van der Waals surface area contributed by atoms with Gasteiger partial charge in [-0.3, -0.25) is 9.36 Å². The van der Waals surface area contributed by atoms with Crippen LogP contribution in [0, 0.1) is 0 Å². The number of aromatic nitrogens is 1. The van der Waals surface area contributed by atoms with E-state index in [9.17, 15) is 9.59 Å². The summed E-state index contributed by atoms with van der Waals surface area (Å²) in [7, 11) is 1.54. The van der Waals surface area contributed by atoms with Crippen molar-refractivity contribution < 1.29 is 23.4 Å². The van der Waals surface area contributed by atoms with Crippen LogP contribution < -0.4 is 24.4 Å². The number of carbonyl (C=O) groups excluding carboxylic acids is 1. The highest BCUT2D eigenvalue weighted by atomic mass is 79.9. The summed E-state index contributed by atoms with van der Waals surface area (Å²) < 4.78 is 25.3. The normalized spacial score (nSPS) is 15.0. The van der Waals surface area contributed by atoms with Crippen molar-refractivity contribution in [2.45, 2.75) is 36.8 Å². The molecule has 0 bridgehead atoms. The zero-order valence-electron chi connectivity index (χ0n) is 22.8. The lowest BCUT2D eigenvalue weighted by atomic mass is 9.95. The quantitative estimate of drug-likeness (QED) is 0.213. The minimum absolute atomic E-state index is 0.183. The summed E-state index contributed by atoms with van der Waals surface area (Å²) in [5, 5.41) is 0.707. The lowest BCUT2D eigenvalue weighted by molar-refractivity contribution is -0.139. The standard InChI is InChI=1S/C30H27BrN2O6S2/c1-5-37-23-16-21(31)20(15-22(23)36-4)27-26(29(35)38-6-2)17(3)32-30-33(27)28(34)24(41-30)14-18-12-13-25(39-18)40-19-10-8-7-9-11-19/h7-16,27H,5-6H2,1-4H3/b24-14+/t27-/m1/s1. The Hall–Kier alpha value is -3.54. The Morgan fingerprint density at radius 3 is 2.63 bits per heavy atom. The van der Waals surface area contributed by atoms with Gasteiger partial charge in [0.05, 0.1) is 42.2 Å². The second-order valence-corrected chi connectivity index (χ2v) is 11.8. The number of nitrogens with zero attached hydrogens (tertiary/aromatic N) is 2. The van der Waals surface area contributed by atoms with Gasteiger partial charge in [0.1, 0.15) is 5.76 Å². The van der Waals surface area contributed by atoms with E-state index in [-0.39, 0.29) is 17.7 Å². The van der Waals surface area contributed by atoms with Crippen LogP contribution in [-0.4, -0.2) is 30.9 Å². The van der Waals surface area contributed by atoms with Crippen molar-refractivity contribution >= 4 is 51.1 Å². The highest BCUT2D eigenvalue weighted by Crippen LogP contribution is 2.41. The number of hydrogen-bond donors (Lipinski definition) is 0. The summed E-state index contributed by atoms with van der Waals surface area (Å²) in [5.41, 5.74) is 1.08. The molecule has 0 fully saturated rings. The number of methoxy groups -OCH3 is 1. The summed E-state index contributed by atoms with van der Waals surface area (Å²) in [5.74, 6) is 1.01. The average molecular weight is 656 g/mol. The maximum Gasteiger partial charge on any atom is 0.338 e. The van der Waals surface area contributed by atoms with Crippen LogP contribution in [0.2, 0.25) is 0 Å². The van der Waals surface area contributed by atoms with Crippen LogP contribution in [0.25, 0.3) is 6.08 Å². The Morgan fingerprint density at radius 2 is 1.93 bits per heavy atom. The van der Waals surface area contributed by atoms with Gasteiger partial charge >= 0.3 is 5.97 Å². The SMILES string of the molecule is CCOC(=O)C1=C(C)N=c2s/c(=C/c3ccc(Sc4ccccc4)o3)c(=O)n2[C@@H]1c1cc(OC)c(OCC)cc1Br. The van der Waals surface area contributed by atoms with Crippen LogP contribution in [0.5, 0.6) is 11.5 Å². The summed E-state index contributed by atoms with van der Waals surface area (Å²) in [6.45, 7) is 6.00. The molecule has 0 unspecified atom stereocenters. The number of allylic oxidation sites excluding steroid dienone is 1. The highest BCUT2D eigenvalue weighted by Gasteiger charge is 2.35. The fourth-order valence-electron chi connectivity index (χ4n) is 4.47. The Balaban J connectivity index is 1.64. The highest BCUT2D eigenvalue weighted by molar-refractivity contribution is 9.10. The Morgan fingerprint density at radius 1 is 1.15 bits per heavy atom. The van der Waals surface area contributed by atoms with Gasteiger partial charge in [0.15, 0.2) is 21.4 Å². The second kappa shape index (κ2) is 12.5. The molecule has 41 heavy (non-hydrogen) atoms. The van der Waals surface area contributed by atoms with E-state index in [0.29, 0.717) is 54.0 Å². The molecule has 3 heterocycles. The van der Waals surface area contributed by atoms with E-state index in [1.54, 1.807) is 39.2 Å². The summed E-state index contributed by atoms with van der Waals surface area (Å²) in [6, 6.07) is 16.3. The van der Waals surface area contributed by atoms with E-state index in [4.69, 9.17) is 18.6 Å². The van der Waals surface area contributed by atoms with Crippen LogP contribution in [0.3, 0.4) is 0 Å². The third-order valence-corrected chi connectivity index (χ3v) is 8.83. The van der Waals surface area contributed by atoms with E-state index in [0.717, 1.165) is 4.90 Å². The number of thiazole rings is 1. The number of ether oxygens (including phenoxy) is 3. The van der Waals surface area contributed by atoms with Gasteiger partial charge in [-0.2, -0.15) is 0 Å². The van der Waals surface area contributed by atoms with Crippen molar-refractivity contribution in [1.82, 2.24) is 4.57 Å². The fraction of sp³-hybridized carbons (Fsp3) is 0.233. The van der Waals surface area contributed by atoms with E-state index in [1.807, 2.05) is 49.4 Å². The molecule has 2 aromatic heterocycles. The van der Waals surface area contributed by atoms with Crippen molar-refractivity contribution in [1.29, 1.82) is 0 Å². The Labute approximate surface area is 253 Å². The number of furan rings is 1. The molecule has 0 spiro atoms. The van der Waals surface area contributed by atoms with E-state index < -0.39 is 12.0 Å². The van der Waals surface area contributed by atoms with Gasteiger partial charge in [-0.25, -0.2) is 9.79 Å². The van der Waals surface area contributed by atoms with Crippen LogP contribution in [0.1, 0.15) is 38.1 Å². The third-order valence-electron chi connectivity index (χ3n) is 6.23. The van der Waals surface area contributed by atoms with Crippen LogP contribution in [-0.2, 0) is 9.53 Å². The molecule has 0 amide bonds. The van der Waals surface area contributed by atoms with Gasteiger partial charge in [-0.1, -0.05) is 57.2 Å². The maximum atomic E-state index is 14.0. The first-order valence-electron chi connectivity index (χ1n) is 12.9. The summed E-state index contributed by atoms with van der Waals surface area (Å²) in [4.78, 5) is 33.4. The molecule has 0 aliphatic carbocycles. The van der Waals surface area contributed by atoms with Crippen LogP contribution >= 0.6 is 39.0 Å². The summed E-state index contributed by atoms with van der Waals surface area (Å²) >= 11 is 6.37. The first-order valence-corrected chi connectivity index (χ1v) is 15.3.